The van der Waals surface area contributed by atoms with E-state index in [4.69, 9.17) is 4.74 Å². The highest BCUT2D eigenvalue weighted by molar-refractivity contribution is 7.89. The van der Waals surface area contributed by atoms with Crippen LogP contribution in [0, 0.1) is 0 Å². The Balaban J connectivity index is 2.05. The van der Waals surface area contributed by atoms with E-state index < -0.39 is 10.0 Å². The summed E-state index contributed by atoms with van der Waals surface area (Å²) >= 11 is 0. The summed E-state index contributed by atoms with van der Waals surface area (Å²) in [5, 5.41) is 0. The van der Waals surface area contributed by atoms with Crippen molar-refractivity contribution in [2.75, 3.05) is 38.6 Å². The number of aromatic nitrogens is 1. The Morgan fingerprint density at radius 2 is 2.14 bits per heavy atom. The molecule has 0 bridgehead atoms. The fourth-order valence-corrected chi connectivity index (χ4v) is 3.72. The molecule has 1 aromatic rings. The van der Waals surface area contributed by atoms with Crippen LogP contribution in [-0.4, -0.2) is 56.9 Å². The van der Waals surface area contributed by atoms with E-state index in [0.29, 0.717) is 26.2 Å². The molecule has 1 fully saturated rings. The molecule has 1 aromatic heterocycles. The normalized spacial score (nSPS) is 18.2. The summed E-state index contributed by atoms with van der Waals surface area (Å²) in [5.74, 6) is 0.182. The number of unbranched alkanes of at least 4 members (excludes halogenated alkanes) is 1. The average Bonchev–Trinajstić information content (AvgIpc) is 2.55. The lowest BCUT2D eigenvalue weighted by atomic mass is 10.1. The van der Waals surface area contributed by atoms with Gasteiger partial charge in [-0.1, -0.05) is 19.4 Å². The summed E-state index contributed by atoms with van der Waals surface area (Å²) in [6.07, 6.45) is 3.30. The predicted molar refractivity (Wildman–Crippen MR) is 86.1 cm³/mol. The largest absolute Gasteiger partial charge is 0.379 e. The number of rotatable bonds is 8. The highest BCUT2D eigenvalue weighted by Gasteiger charge is 2.25. The summed E-state index contributed by atoms with van der Waals surface area (Å²) < 4.78 is 32.2. The summed E-state index contributed by atoms with van der Waals surface area (Å²) in [6, 6.07) is 5.69. The molecule has 0 unspecified atom stereocenters. The lowest BCUT2D eigenvalue weighted by Gasteiger charge is -2.34. The van der Waals surface area contributed by atoms with Crippen LogP contribution in [0.5, 0.6) is 0 Å². The van der Waals surface area contributed by atoms with Crippen molar-refractivity contribution in [3.63, 3.8) is 0 Å². The van der Waals surface area contributed by atoms with Crippen molar-refractivity contribution in [3.8, 4) is 0 Å². The second kappa shape index (κ2) is 8.57. The number of ether oxygens (including phenoxy) is 1. The van der Waals surface area contributed by atoms with Gasteiger partial charge in [0, 0.05) is 25.8 Å². The van der Waals surface area contributed by atoms with E-state index in [2.05, 4.69) is 14.6 Å². The van der Waals surface area contributed by atoms with Crippen LogP contribution in [-0.2, 0) is 14.8 Å². The maximum atomic E-state index is 12.0. The number of sulfonamides is 1. The first-order chi connectivity index (χ1) is 10.6. The number of nitrogens with zero attached hydrogens (tertiary/aromatic N) is 2. The number of nitrogens with one attached hydrogen (secondary N) is 1. The lowest BCUT2D eigenvalue weighted by Crippen LogP contribution is -2.44. The molecule has 0 aromatic carbocycles. The molecule has 2 heterocycles. The van der Waals surface area contributed by atoms with E-state index in [-0.39, 0.29) is 11.8 Å². The van der Waals surface area contributed by atoms with Gasteiger partial charge in [0.1, 0.15) is 0 Å². The third-order valence-electron chi connectivity index (χ3n) is 3.78. The Bertz CT molecular complexity index is 530. The van der Waals surface area contributed by atoms with Crippen molar-refractivity contribution in [2.45, 2.75) is 25.8 Å². The molecule has 1 aliphatic heterocycles. The quantitative estimate of drug-likeness (QED) is 0.776. The number of hydrogen-bond donors (Lipinski definition) is 1. The van der Waals surface area contributed by atoms with Gasteiger partial charge in [0.25, 0.3) is 0 Å². The molecule has 1 N–H and O–H groups in total. The van der Waals surface area contributed by atoms with E-state index in [1.165, 1.54) is 0 Å². The van der Waals surface area contributed by atoms with Gasteiger partial charge in [-0.3, -0.25) is 9.88 Å². The molecular formula is C15H25N3O3S. The van der Waals surface area contributed by atoms with Gasteiger partial charge >= 0.3 is 0 Å². The molecule has 0 spiro atoms. The Morgan fingerprint density at radius 1 is 1.36 bits per heavy atom. The molecule has 1 saturated heterocycles. The second-order valence-corrected chi connectivity index (χ2v) is 7.37. The van der Waals surface area contributed by atoms with Crippen LogP contribution in [0.4, 0.5) is 0 Å². The van der Waals surface area contributed by atoms with Crippen molar-refractivity contribution in [3.05, 3.63) is 30.1 Å². The Labute approximate surface area is 132 Å². The Kier molecular flexibility index (Phi) is 6.75. The van der Waals surface area contributed by atoms with E-state index in [1.807, 2.05) is 25.1 Å². The molecule has 7 heteroatoms. The molecule has 0 amide bonds. The summed E-state index contributed by atoms with van der Waals surface area (Å²) in [4.78, 5) is 6.63. The van der Waals surface area contributed by atoms with Gasteiger partial charge < -0.3 is 4.74 Å². The van der Waals surface area contributed by atoms with E-state index in [9.17, 15) is 8.42 Å². The van der Waals surface area contributed by atoms with Gasteiger partial charge in [0.15, 0.2) is 0 Å². The average molecular weight is 327 g/mol. The molecular weight excluding hydrogens is 302 g/mol. The smallest absolute Gasteiger partial charge is 0.211 e. The number of hydrogen-bond acceptors (Lipinski definition) is 5. The van der Waals surface area contributed by atoms with Crippen LogP contribution in [0.3, 0.4) is 0 Å². The third kappa shape index (κ3) is 5.31. The monoisotopic (exact) mass is 327 g/mol. The Morgan fingerprint density at radius 3 is 2.77 bits per heavy atom. The van der Waals surface area contributed by atoms with Crippen LogP contribution >= 0.6 is 0 Å². The van der Waals surface area contributed by atoms with Crippen molar-refractivity contribution < 1.29 is 13.2 Å². The van der Waals surface area contributed by atoms with E-state index >= 15 is 0 Å². The zero-order chi connectivity index (χ0) is 15.8. The number of pyridine rings is 1. The van der Waals surface area contributed by atoms with Gasteiger partial charge in [-0.05, 0) is 18.6 Å². The van der Waals surface area contributed by atoms with E-state index in [1.54, 1.807) is 6.20 Å². The molecule has 0 aliphatic carbocycles. The Hall–Kier alpha value is -1.02. The topological polar surface area (TPSA) is 71.5 Å². The van der Waals surface area contributed by atoms with Crippen molar-refractivity contribution in [1.82, 2.24) is 14.6 Å². The zero-order valence-electron chi connectivity index (χ0n) is 13.1. The maximum Gasteiger partial charge on any atom is 0.211 e. The van der Waals surface area contributed by atoms with Gasteiger partial charge in [-0.15, -0.1) is 0 Å². The fraction of sp³-hybridized carbons (Fsp3) is 0.667. The van der Waals surface area contributed by atoms with Gasteiger partial charge in [0.2, 0.25) is 10.0 Å². The molecule has 0 saturated carbocycles. The van der Waals surface area contributed by atoms with Gasteiger partial charge in [0.05, 0.1) is 30.7 Å². The van der Waals surface area contributed by atoms with Crippen LogP contribution in [0.2, 0.25) is 0 Å². The minimum Gasteiger partial charge on any atom is -0.379 e. The zero-order valence-corrected chi connectivity index (χ0v) is 13.9. The molecule has 124 valence electrons. The highest BCUT2D eigenvalue weighted by atomic mass is 32.2. The molecule has 1 aliphatic rings. The molecule has 6 nitrogen and oxygen atoms in total. The van der Waals surface area contributed by atoms with Crippen LogP contribution in [0.25, 0.3) is 0 Å². The van der Waals surface area contributed by atoms with Gasteiger partial charge in [-0.2, -0.15) is 0 Å². The second-order valence-electron chi connectivity index (χ2n) is 5.44. The first kappa shape index (κ1) is 17.3. The lowest BCUT2D eigenvalue weighted by molar-refractivity contribution is 0.0163. The summed E-state index contributed by atoms with van der Waals surface area (Å²) in [6.45, 7) is 5.26. The maximum absolute atomic E-state index is 12.0. The van der Waals surface area contributed by atoms with Crippen molar-refractivity contribution in [1.29, 1.82) is 0 Å². The molecule has 22 heavy (non-hydrogen) atoms. The summed E-state index contributed by atoms with van der Waals surface area (Å²) in [7, 11) is -3.22. The molecule has 0 radical (unpaired) electrons. The van der Waals surface area contributed by atoms with Crippen molar-refractivity contribution in [2.24, 2.45) is 0 Å². The van der Waals surface area contributed by atoms with Crippen molar-refractivity contribution >= 4 is 10.0 Å². The van der Waals surface area contributed by atoms with Crippen LogP contribution in [0.15, 0.2) is 24.4 Å². The van der Waals surface area contributed by atoms with Crippen LogP contribution in [0.1, 0.15) is 31.5 Å². The third-order valence-corrected chi connectivity index (χ3v) is 5.21. The minimum atomic E-state index is -3.22. The van der Waals surface area contributed by atoms with Gasteiger partial charge in [-0.25, -0.2) is 13.1 Å². The standard InChI is InChI=1S/C15H25N3O3S/c1-2-3-12-22(19,20)17-13-15(14-6-4-5-7-16-14)18-8-10-21-11-9-18/h4-7,15,17H,2-3,8-13H2,1H3/t15-/m1/s1. The minimum absolute atomic E-state index is 0.0542. The highest BCUT2D eigenvalue weighted by Crippen LogP contribution is 2.19. The first-order valence-electron chi connectivity index (χ1n) is 7.82. The summed E-state index contributed by atoms with van der Waals surface area (Å²) in [5.41, 5.74) is 0.891. The predicted octanol–water partition coefficient (Wildman–Crippen LogP) is 1.17. The van der Waals surface area contributed by atoms with E-state index in [0.717, 1.165) is 25.2 Å². The first-order valence-corrected chi connectivity index (χ1v) is 9.47. The molecule has 1 atom stereocenters. The fourth-order valence-electron chi connectivity index (χ4n) is 2.50. The van der Waals surface area contributed by atoms with Crippen LogP contribution < -0.4 is 4.72 Å². The SMILES string of the molecule is CCCCS(=O)(=O)NC[C@H](c1ccccn1)N1CCOCC1. The molecule has 2 rings (SSSR count). The number of morpholine rings is 1.